The van der Waals surface area contributed by atoms with Crippen LogP contribution in [0.15, 0.2) is 42.6 Å². The molecule has 1 aromatic carbocycles. The van der Waals surface area contributed by atoms with Crippen LogP contribution >= 0.6 is 11.6 Å². The van der Waals surface area contributed by atoms with E-state index in [1.807, 2.05) is 0 Å². The molecule has 4 rings (SSSR count). The Hall–Kier alpha value is -2.81. The zero-order chi connectivity index (χ0) is 22.5. The van der Waals surface area contributed by atoms with Crippen molar-refractivity contribution in [2.24, 2.45) is 0 Å². The largest absolute Gasteiger partial charge is 0.349 e. The molecule has 1 aliphatic heterocycles. The van der Waals surface area contributed by atoms with Gasteiger partial charge in [0, 0.05) is 11.4 Å². The average Bonchev–Trinajstić information content (AvgIpc) is 3.22. The van der Waals surface area contributed by atoms with E-state index in [0.29, 0.717) is 16.4 Å². The molecule has 1 fully saturated rings. The normalized spacial score (nSPS) is 15.6. The van der Waals surface area contributed by atoms with Gasteiger partial charge in [0.2, 0.25) is 0 Å². The Morgan fingerprint density at radius 2 is 1.94 bits per heavy atom. The van der Waals surface area contributed by atoms with Crippen molar-refractivity contribution in [3.63, 3.8) is 0 Å². The van der Waals surface area contributed by atoms with Gasteiger partial charge in [-0.3, -0.25) is 9.59 Å². The number of fused-ring (bicyclic) bond motifs is 1. The van der Waals surface area contributed by atoms with E-state index >= 15 is 0 Å². The summed E-state index contributed by atoms with van der Waals surface area (Å²) in [5.74, 6) is -0.875. The molecule has 9 heteroatoms. The van der Waals surface area contributed by atoms with E-state index in [2.05, 4.69) is 25.9 Å². The number of carbonyl (C=O) groups is 2. The number of halogens is 2. The van der Waals surface area contributed by atoms with Crippen molar-refractivity contribution in [2.75, 3.05) is 19.6 Å². The number of rotatable bonds is 8. The third-order valence-electron chi connectivity index (χ3n) is 5.67. The highest BCUT2D eigenvalue weighted by Crippen LogP contribution is 2.18. The van der Waals surface area contributed by atoms with Crippen LogP contribution in [0.1, 0.15) is 28.9 Å². The number of aromatic amines is 1. The summed E-state index contributed by atoms with van der Waals surface area (Å²) in [7, 11) is 0. The highest BCUT2D eigenvalue weighted by Gasteiger charge is 2.24. The molecule has 1 amide bonds. The molecule has 3 aromatic rings. The number of piperidine rings is 1. The summed E-state index contributed by atoms with van der Waals surface area (Å²) in [4.78, 5) is 33.0. The van der Waals surface area contributed by atoms with Gasteiger partial charge in [0.25, 0.3) is 5.91 Å². The highest BCUT2D eigenvalue weighted by molar-refractivity contribution is 6.30. The summed E-state index contributed by atoms with van der Waals surface area (Å²) in [5, 5.41) is 10.5. The number of pyridine rings is 1. The number of aromatic nitrogens is 2. The van der Waals surface area contributed by atoms with E-state index in [1.165, 1.54) is 12.1 Å². The predicted molar refractivity (Wildman–Crippen MR) is 121 cm³/mol. The SMILES string of the molecule is O=C(NC(Cc1ccc(F)cc1)C(=O)CNC1CCNCC1)c1cc2cc(Cl)ncc2[nH]1. The van der Waals surface area contributed by atoms with Gasteiger partial charge in [0.1, 0.15) is 16.7 Å². The molecule has 7 nitrogen and oxygen atoms in total. The molecule has 0 saturated carbocycles. The zero-order valence-corrected chi connectivity index (χ0v) is 18.2. The van der Waals surface area contributed by atoms with Crippen LogP contribution in [0.2, 0.25) is 5.15 Å². The van der Waals surface area contributed by atoms with Gasteiger partial charge in [-0.1, -0.05) is 23.7 Å². The molecule has 1 unspecified atom stereocenters. The topological polar surface area (TPSA) is 98.9 Å². The van der Waals surface area contributed by atoms with Gasteiger partial charge >= 0.3 is 0 Å². The molecule has 4 N–H and O–H groups in total. The number of hydrogen-bond donors (Lipinski definition) is 4. The number of nitrogens with one attached hydrogen (secondary N) is 4. The lowest BCUT2D eigenvalue weighted by molar-refractivity contribution is -0.120. The number of Topliss-reactive ketones (excluding diaryl/α,β-unsaturated/α-hetero) is 1. The molecule has 2 aromatic heterocycles. The fourth-order valence-electron chi connectivity index (χ4n) is 3.86. The maximum atomic E-state index is 13.3. The third-order valence-corrected chi connectivity index (χ3v) is 5.87. The monoisotopic (exact) mass is 457 g/mol. The fraction of sp³-hybridized carbons (Fsp3) is 0.348. The van der Waals surface area contributed by atoms with Crippen molar-refractivity contribution in [3.05, 3.63) is 64.8 Å². The zero-order valence-electron chi connectivity index (χ0n) is 17.5. The second-order valence-electron chi connectivity index (χ2n) is 8.01. The third kappa shape index (κ3) is 5.70. The maximum absolute atomic E-state index is 13.3. The maximum Gasteiger partial charge on any atom is 0.268 e. The van der Waals surface area contributed by atoms with E-state index < -0.39 is 11.9 Å². The van der Waals surface area contributed by atoms with Crippen LogP contribution in [-0.2, 0) is 11.2 Å². The second kappa shape index (κ2) is 10.2. The number of H-pyrrole nitrogens is 1. The van der Waals surface area contributed by atoms with Crippen LogP contribution in [0.25, 0.3) is 10.9 Å². The number of ketones is 1. The molecule has 0 radical (unpaired) electrons. The van der Waals surface area contributed by atoms with Gasteiger partial charge in [-0.15, -0.1) is 0 Å². The lowest BCUT2D eigenvalue weighted by atomic mass is 10.0. The number of nitrogens with zero attached hydrogens (tertiary/aromatic N) is 1. The minimum atomic E-state index is -0.754. The van der Waals surface area contributed by atoms with E-state index in [9.17, 15) is 14.0 Å². The molecule has 3 heterocycles. The predicted octanol–water partition coefficient (Wildman–Crippen LogP) is 2.61. The minimum absolute atomic E-state index is 0.123. The van der Waals surface area contributed by atoms with Crippen LogP contribution in [0.3, 0.4) is 0 Å². The van der Waals surface area contributed by atoms with Crippen LogP contribution in [0.5, 0.6) is 0 Å². The van der Waals surface area contributed by atoms with Gasteiger partial charge in [-0.2, -0.15) is 0 Å². The number of hydrogen-bond acceptors (Lipinski definition) is 5. The van der Waals surface area contributed by atoms with E-state index in [4.69, 9.17) is 11.6 Å². The second-order valence-corrected chi connectivity index (χ2v) is 8.39. The highest BCUT2D eigenvalue weighted by atomic mass is 35.5. The molecular formula is C23H25ClFN5O2. The van der Waals surface area contributed by atoms with Crippen molar-refractivity contribution in [1.82, 2.24) is 25.9 Å². The molecule has 0 aliphatic carbocycles. The first-order chi connectivity index (χ1) is 15.5. The van der Waals surface area contributed by atoms with E-state index in [-0.39, 0.29) is 30.6 Å². The van der Waals surface area contributed by atoms with Gasteiger partial charge in [-0.25, -0.2) is 9.37 Å². The quantitative estimate of drug-likeness (QED) is 0.390. The summed E-state index contributed by atoms with van der Waals surface area (Å²) < 4.78 is 13.3. The average molecular weight is 458 g/mol. The Bertz CT molecular complexity index is 1100. The van der Waals surface area contributed by atoms with Crippen LogP contribution in [-0.4, -0.2) is 53.4 Å². The molecule has 168 valence electrons. The molecule has 1 saturated heterocycles. The Morgan fingerprint density at radius 1 is 1.19 bits per heavy atom. The lowest BCUT2D eigenvalue weighted by Crippen LogP contribution is -2.49. The van der Waals surface area contributed by atoms with E-state index in [1.54, 1.807) is 30.5 Å². The lowest BCUT2D eigenvalue weighted by Gasteiger charge is -2.25. The first-order valence-corrected chi connectivity index (χ1v) is 11.0. The van der Waals surface area contributed by atoms with Gasteiger partial charge in [0.15, 0.2) is 5.78 Å². The number of amides is 1. The standard InChI is InChI=1S/C23H25ClFN5O2/c24-22-11-15-10-19(29-20(15)12-28-22)23(32)30-18(9-14-1-3-16(25)4-2-14)21(31)13-27-17-5-7-26-8-6-17/h1-4,10-12,17-18,26-27,29H,5-9,13H2,(H,30,32). The van der Waals surface area contributed by atoms with Crippen LogP contribution < -0.4 is 16.0 Å². The van der Waals surface area contributed by atoms with Crippen LogP contribution in [0.4, 0.5) is 4.39 Å². The fourth-order valence-corrected chi connectivity index (χ4v) is 4.03. The first kappa shape index (κ1) is 22.4. The smallest absolute Gasteiger partial charge is 0.268 e. The first-order valence-electron chi connectivity index (χ1n) is 10.6. The van der Waals surface area contributed by atoms with Crippen molar-refractivity contribution in [2.45, 2.75) is 31.3 Å². The summed E-state index contributed by atoms with van der Waals surface area (Å²) in [5.41, 5.74) is 1.75. The number of benzene rings is 1. The van der Waals surface area contributed by atoms with Gasteiger partial charge in [0.05, 0.1) is 24.3 Å². The van der Waals surface area contributed by atoms with Crippen molar-refractivity contribution < 1.29 is 14.0 Å². The Balaban J connectivity index is 1.48. The van der Waals surface area contributed by atoms with Gasteiger partial charge in [-0.05, 0) is 62.2 Å². The molecule has 0 bridgehead atoms. The summed E-state index contributed by atoms with van der Waals surface area (Å²) in [6.45, 7) is 1.99. The number of carbonyl (C=O) groups excluding carboxylic acids is 2. The Kier molecular flexibility index (Phi) is 7.14. The molecule has 0 spiro atoms. The molecule has 32 heavy (non-hydrogen) atoms. The Labute approximate surface area is 190 Å². The molecular weight excluding hydrogens is 433 g/mol. The molecule has 1 aliphatic rings. The van der Waals surface area contributed by atoms with Gasteiger partial charge < -0.3 is 20.9 Å². The van der Waals surface area contributed by atoms with Crippen molar-refractivity contribution in [3.8, 4) is 0 Å². The van der Waals surface area contributed by atoms with Crippen LogP contribution in [0, 0.1) is 5.82 Å². The Morgan fingerprint density at radius 3 is 2.69 bits per heavy atom. The van der Waals surface area contributed by atoms with Crippen molar-refractivity contribution >= 4 is 34.2 Å². The summed E-state index contributed by atoms with van der Waals surface area (Å²) >= 11 is 5.93. The van der Waals surface area contributed by atoms with E-state index in [0.717, 1.165) is 36.9 Å². The summed E-state index contributed by atoms with van der Waals surface area (Å²) in [6.07, 6.45) is 3.73. The van der Waals surface area contributed by atoms with Crippen molar-refractivity contribution in [1.29, 1.82) is 0 Å². The minimum Gasteiger partial charge on any atom is -0.349 e. The summed E-state index contributed by atoms with van der Waals surface area (Å²) in [6, 6.07) is 8.79. The molecule has 1 atom stereocenters.